The quantitative estimate of drug-likeness (QED) is 0.882. The van der Waals surface area contributed by atoms with E-state index in [9.17, 15) is 9.59 Å². The molecule has 1 aromatic carbocycles. The van der Waals surface area contributed by atoms with Gasteiger partial charge in [-0.3, -0.25) is 9.59 Å². The largest absolute Gasteiger partial charge is 0.348 e. The summed E-state index contributed by atoms with van der Waals surface area (Å²) in [5.74, 6) is 0.417. The fraction of sp³-hybridized carbons (Fsp3) is 0.478. The summed E-state index contributed by atoms with van der Waals surface area (Å²) in [6, 6.07) is 8.36. The van der Waals surface area contributed by atoms with E-state index in [0.29, 0.717) is 12.0 Å². The van der Waals surface area contributed by atoms with Crippen LogP contribution in [-0.2, 0) is 0 Å². The van der Waals surface area contributed by atoms with Gasteiger partial charge in [0.05, 0.1) is 17.6 Å². The molecule has 5 nitrogen and oxygen atoms in total. The van der Waals surface area contributed by atoms with E-state index in [4.69, 9.17) is 0 Å². The van der Waals surface area contributed by atoms with E-state index in [0.717, 1.165) is 40.9 Å². The number of nitrogens with one attached hydrogen (secondary N) is 1. The minimum Gasteiger partial charge on any atom is -0.348 e. The van der Waals surface area contributed by atoms with Gasteiger partial charge in [-0.25, -0.2) is 0 Å². The smallest absolute Gasteiger partial charge is 0.256 e. The highest BCUT2D eigenvalue weighted by Crippen LogP contribution is 2.42. The molecule has 2 bridgehead atoms. The first-order chi connectivity index (χ1) is 13.3. The molecule has 2 saturated heterocycles. The first-order valence-electron chi connectivity index (χ1n) is 10.1. The summed E-state index contributed by atoms with van der Waals surface area (Å²) in [4.78, 5) is 27.9. The van der Waals surface area contributed by atoms with Crippen LogP contribution in [0.4, 0.5) is 0 Å². The Kier molecular flexibility index (Phi) is 4.56. The molecular weight excluding hydrogens is 350 g/mol. The summed E-state index contributed by atoms with van der Waals surface area (Å²) in [5.41, 5.74) is 4.58. The van der Waals surface area contributed by atoms with Crippen LogP contribution in [0.2, 0.25) is 0 Å². The fourth-order valence-electron chi connectivity index (χ4n) is 4.74. The summed E-state index contributed by atoms with van der Waals surface area (Å²) < 4.78 is 2.13. The molecule has 1 aromatic heterocycles. The zero-order valence-corrected chi connectivity index (χ0v) is 17.3. The average Bonchev–Trinajstić information content (AvgIpc) is 3.33. The Bertz CT molecular complexity index is 943. The molecule has 0 spiro atoms. The van der Waals surface area contributed by atoms with Crippen molar-refractivity contribution in [3.8, 4) is 0 Å². The second-order valence-corrected chi connectivity index (χ2v) is 8.65. The van der Waals surface area contributed by atoms with Crippen molar-refractivity contribution in [3.63, 3.8) is 0 Å². The van der Waals surface area contributed by atoms with Crippen LogP contribution in [-0.4, -0.2) is 39.9 Å². The fourth-order valence-corrected chi connectivity index (χ4v) is 4.74. The number of rotatable bonds is 4. The third-order valence-corrected chi connectivity index (χ3v) is 6.46. The number of aryl methyl sites for hydroxylation is 2. The molecule has 2 aliphatic heterocycles. The van der Waals surface area contributed by atoms with Crippen LogP contribution in [0, 0.1) is 26.7 Å². The molecule has 3 heterocycles. The van der Waals surface area contributed by atoms with Crippen LogP contribution in [0.25, 0.3) is 0 Å². The molecule has 28 heavy (non-hydrogen) atoms. The highest BCUT2D eigenvalue weighted by Gasteiger charge is 2.54. The summed E-state index contributed by atoms with van der Waals surface area (Å²) in [6.07, 6.45) is 2.97. The second-order valence-electron chi connectivity index (χ2n) is 8.65. The molecule has 148 valence electrons. The molecule has 1 saturated carbocycles. The molecule has 3 fully saturated rings. The van der Waals surface area contributed by atoms with Gasteiger partial charge in [-0.2, -0.15) is 0 Å². The van der Waals surface area contributed by atoms with Crippen molar-refractivity contribution < 1.29 is 9.59 Å². The van der Waals surface area contributed by atoms with Gasteiger partial charge in [-0.15, -0.1) is 0 Å². The van der Waals surface area contributed by atoms with Gasteiger partial charge >= 0.3 is 0 Å². The molecule has 3 atom stereocenters. The van der Waals surface area contributed by atoms with Gasteiger partial charge < -0.3 is 14.8 Å². The number of carbonyl (C=O) groups excluding carboxylic acids is 2. The second kappa shape index (κ2) is 6.80. The van der Waals surface area contributed by atoms with Crippen LogP contribution in [0.15, 0.2) is 30.5 Å². The average molecular weight is 380 g/mol. The highest BCUT2D eigenvalue weighted by atomic mass is 16.2. The Morgan fingerprint density at radius 3 is 2.54 bits per heavy atom. The summed E-state index contributed by atoms with van der Waals surface area (Å²) in [5, 5.41) is 3.20. The van der Waals surface area contributed by atoms with E-state index in [-0.39, 0.29) is 23.9 Å². The monoisotopic (exact) mass is 379 g/mol. The number of nitrogens with zero attached hydrogens (tertiary/aromatic N) is 2. The van der Waals surface area contributed by atoms with Gasteiger partial charge in [0.15, 0.2) is 0 Å². The molecule has 2 aromatic rings. The minimum absolute atomic E-state index is 0.0302. The lowest BCUT2D eigenvalue weighted by molar-refractivity contribution is 0.0698. The third kappa shape index (κ3) is 2.93. The summed E-state index contributed by atoms with van der Waals surface area (Å²) in [7, 11) is 0. The zero-order chi connectivity index (χ0) is 20.2. The molecule has 5 heteroatoms. The van der Waals surface area contributed by atoms with E-state index < -0.39 is 0 Å². The number of hydrogen-bond donors (Lipinski definition) is 1. The molecule has 3 unspecified atom stereocenters. The van der Waals surface area contributed by atoms with Crippen molar-refractivity contribution in [2.45, 2.75) is 59.2 Å². The molecular formula is C23H29N3O2. The van der Waals surface area contributed by atoms with Gasteiger partial charge in [0.25, 0.3) is 11.8 Å². The van der Waals surface area contributed by atoms with E-state index in [2.05, 4.69) is 23.7 Å². The highest BCUT2D eigenvalue weighted by molar-refractivity contribution is 5.97. The standard InChI is InChI=1S/C23H29N3O2/c1-13(2)25-9-8-18(16(25)5)23(28)26-12-17-11-20(26)21(17)24-22(27)19-10-14(3)6-7-15(19)4/h6-10,13,17,20-21H,11-12H2,1-5H3,(H,24,27). The van der Waals surface area contributed by atoms with Gasteiger partial charge in [-0.1, -0.05) is 17.7 Å². The lowest BCUT2D eigenvalue weighted by Crippen LogP contribution is -2.55. The number of aromatic nitrogens is 1. The topological polar surface area (TPSA) is 54.3 Å². The molecule has 0 radical (unpaired) electrons. The van der Waals surface area contributed by atoms with Crippen molar-refractivity contribution in [1.82, 2.24) is 14.8 Å². The Balaban J connectivity index is 1.48. The normalized spacial score (nSPS) is 23.1. The van der Waals surface area contributed by atoms with Crippen LogP contribution in [0.3, 0.4) is 0 Å². The van der Waals surface area contributed by atoms with Crippen molar-refractivity contribution in [1.29, 1.82) is 0 Å². The molecule has 5 rings (SSSR count). The van der Waals surface area contributed by atoms with Crippen molar-refractivity contribution in [3.05, 3.63) is 58.4 Å². The Morgan fingerprint density at radius 1 is 1.11 bits per heavy atom. The summed E-state index contributed by atoms with van der Waals surface area (Å²) >= 11 is 0. The number of fused-ring (bicyclic) bond motifs is 1. The molecule has 2 amide bonds. The minimum atomic E-state index is -0.0302. The SMILES string of the molecule is Cc1ccc(C)c(C(=O)NC2C3CC2N(C(=O)c2ccn(C(C)C)c2C)C3)c1. The third-order valence-electron chi connectivity index (χ3n) is 6.46. The number of benzene rings is 1. The Hall–Kier alpha value is -2.56. The van der Waals surface area contributed by atoms with E-state index in [1.54, 1.807) is 0 Å². The van der Waals surface area contributed by atoms with Gasteiger partial charge in [0.1, 0.15) is 0 Å². The number of hydrogen-bond acceptors (Lipinski definition) is 2. The van der Waals surface area contributed by atoms with Gasteiger partial charge in [-0.05, 0) is 58.7 Å². The molecule has 3 aliphatic rings. The molecule has 1 aliphatic carbocycles. The van der Waals surface area contributed by atoms with Crippen LogP contribution < -0.4 is 5.32 Å². The first kappa shape index (κ1) is 18.8. The van der Waals surface area contributed by atoms with Gasteiger partial charge in [0, 0.05) is 36.0 Å². The van der Waals surface area contributed by atoms with Crippen molar-refractivity contribution >= 4 is 11.8 Å². The van der Waals surface area contributed by atoms with E-state index in [1.807, 2.05) is 56.1 Å². The number of carbonyl (C=O) groups is 2. The zero-order valence-electron chi connectivity index (χ0n) is 17.3. The summed E-state index contributed by atoms with van der Waals surface area (Å²) in [6.45, 7) is 10.9. The van der Waals surface area contributed by atoms with Crippen LogP contribution in [0.1, 0.15) is 63.8 Å². The van der Waals surface area contributed by atoms with Crippen molar-refractivity contribution in [2.75, 3.05) is 6.54 Å². The Labute approximate surface area is 166 Å². The lowest BCUT2D eigenvalue weighted by atomic mass is 9.79. The maximum absolute atomic E-state index is 13.1. The van der Waals surface area contributed by atoms with Crippen LogP contribution >= 0.6 is 0 Å². The predicted molar refractivity (Wildman–Crippen MR) is 110 cm³/mol. The van der Waals surface area contributed by atoms with Crippen molar-refractivity contribution in [2.24, 2.45) is 5.92 Å². The maximum atomic E-state index is 13.1. The van der Waals surface area contributed by atoms with E-state index >= 15 is 0 Å². The predicted octanol–water partition coefficient (Wildman–Crippen LogP) is 3.64. The Morgan fingerprint density at radius 2 is 1.86 bits per heavy atom. The van der Waals surface area contributed by atoms with E-state index in [1.165, 1.54) is 0 Å². The number of amides is 2. The van der Waals surface area contributed by atoms with Gasteiger partial charge in [0.2, 0.25) is 0 Å². The van der Waals surface area contributed by atoms with Crippen LogP contribution in [0.5, 0.6) is 0 Å². The first-order valence-corrected chi connectivity index (χ1v) is 10.1. The molecule has 1 N–H and O–H groups in total. The maximum Gasteiger partial charge on any atom is 0.256 e. The lowest BCUT2D eigenvalue weighted by Gasteiger charge is -2.37.